The fraction of sp³-hybridized carbons (Fsp3) is 0.645. The number of nitrogens with one attached hydrogen (secondary N) is 11. The molecule has 1 aromatic carbocycles. The first-order chi connectivity index (χ1) is 47.5. The predicted octanol–water partition coefficient (Wildman–Crippen LogP) is -7.99. The highest BCUT2D eigenvalue weighted by Gasteiger charge is 2.40. The number of aliphatic imine (C=N–C) groups is 2. The first-order valence-electron chi connectivity index (χ1n) is 32.8. The number of hydrogen-bond acceptors (Lipinski definition) is 22. The van der Waals surface area contributed by atoms with Crippen molar-refractivity contribution in [1.29, 1.82) is 0 Å². The number of rotatable bonds is 47. The molecule has 574 valence electrons. The quantitative estimate of drug-likeness (QED) is 0.0164. The summed E-state index contributed by atoms with van der Waals surface area (Å²) in [4.78, 5) is 197. The summed E-state index contributed by atoms with van der Waals surface area (Å²) in [6.45, 7) is 11.8. The summed E-state index contributed by atoms with van der Waals surface area (Å²) in [7, 11) is 0. The van der Waals surface area contributed by atoms with Gasteiger partial charge in [-0.25, -0.2) is 4.79 Å². The van der Waals surface area contributed by atoms with Crippen molar-refractivity contribution in [3.05, 3.63) is 29.8 Å². The highest BCUT2D eigenvalue weighted by atomic mass is 16.4. The minimum atomic E-state index is -2.11. The molecule has 0 heterocycles. The highest BCUT2D eigenvalue weighted by Crippen LogP contribution is 2.15. The SMILES string of the molecule is CC(C)CC(NC(=O)C(NC(=O)C(Cc1ccc(O)cc1)NC(=O)C(NC(=O)C(CCCN=C(N)N)NC(=O)C(CC(C)C)NC(=O)C(CO)NC(=O)C(CC(=O)O)NC(=O)C(CC(C)C)NC(=O)C(CC(=O)O)NC(=O)C(NC(=O)C(N)CCCN=C(N)N)C(C)O)C(C)O)C(C)O)C(=O)O. The fourth-order valence-corrected chi connectivity index (χ4v) is 9.69. The molecule has 0 aliphatic heterocycles. The zero-order valence-corrected chi connectivity index (χ0v) is 58.5. The maximum atomic E-state index is 14.4. The lowest BCUT2D eigenvalue weighted by molar-refractivity contribution is -0.143. The largest absolute Gasteiger partial charge is 0.508 e. The number of carbonyl (C=O) groups is 14. The van der Waals surface area contributed by atoms with Crippen LogP contribution in [0.3, 0.4) is 0 Å². The predicted molar refractivity (Wildman–Crippen MR) is 363 cm³/mol. The molecule has 0 aliphatic carbocycles. The van der Waals surface area contributed by atoms with Crippen molar-refractivity contribution in [1.82, 2.24) is 58.5 Å². The fourth-order valence-electron chi connectivity index (χ4n) is 9.69. The second-order valence-electron chi connectivity index (χ2n) is 25.6. The first-order valence-corrected chi connectivity index (χ1v) is 32.8. The number of aromatic hydroxyl groups is 1. The molecule has 40 nitrogen and oxygen atoms in total. The number of aliphatic hydroxyl groups is 4. The molecular weight excluding hydrogens is 1350 g/mol. The van der Waals surface area contributed by atoms with Gasteiger partial charge in [0, 0.05) is 19.5 Å². The lowest BCUT2D eigenvalue weighted by atomic mass is 10.0. The second-order valence-corrected chi connectivity index (χ2v) is 25.6. The number of benzene rings is 1. The van der Waals surface area contributed by atoms with E-state index in [0.717, 1.165) is 20.8 Å². The minimum Gasteiger partial charge on any atom is -0.508 e. The molecule has 1 rings (SSSR count). The number of carbonyl (C=O) groups excluding carboxylic acids is 11. The third-order valence-corrected chi connectivity index (χ3v) is 14.9. The average Bonchev–Trinajstić information content (AvgIpc) is 0.851. The molecule has 0 spiro atoms. The second kappa shape index (κ2) is 44.9. The van der Waals surface area contributed by atoms with Crippen LogP contribution in [-0.4, -0.2) is 246 Å². The van der Waals surface area contributed by atoms with Gasteiger partial charge in [0.2, 0.25) is 65.0 Å². The van der Waals surface area contributed by atoms with Gasteiger partial charge in [-0.05, 0) is 101 Å². The molecule has 0 bridgehead atoms. The van der Waals surface area contributed by atoms with Crippen LogP contribution in [0.1, 0.15) is 126 Å². The zero-order valence-electron chi connectivity index (χ0n) is 58.5. The van der Waals surface area contributed by atoms with Crippen LogP contribution < -0.4 is 87.2 Å². The van der Waals surface area contributed by atoms with Crippen molar-refractivity contribution < 1.29 is 108 Å². The molecular formula is C62H104N18O22. The van der Waals surface area contributed by atoms with Gasteiger partial charge in [-0.15, -0.1) is 0 Å². The number of phenols is 1. The number of nitrogens with two attached hydrogens (primary N) is 5. The molecule has 40 heteroatoms. The van der Waals surface area contributed by atoms with Crippen molar-refractivity contribution in [2.45, 2.75) is 217 Å². The third-order valence-electron chi connectivity index (χ3n) is 14.9. The molecule has 0 saturated carbocycles. The van der Waals surface area contributed by atoms with Crippen LogP contribution in [-0.2, 0) is 73.5 Å². The molecule has 102 heavy (non-hydrogen) atoms. The molecule has 0 aliphatic rings. The number of nitrogens with zero attached hydrogens (tertiary/aromatic N) is 2. The van der Waals surface area contributed by atoms with Crippen LogP contribution in [0.4, 0.5) is 0 Å². The Morgan fingerprint density at radius 1 is 0.392 bits per heavy atom. The van der Waals surface area contributed by atoms with E-state index in [4.69, 9.17) is 28.7 Å². The van der Waals surface area contributed by atoms with E-state index in [1.54, 1.807) is 41.5 Å². The molecule has 0 aromatic heterocycles. The maximum Gasteiger partial charge on any atom is 0.326 e. The Labute approximate surface area is 588 Å². The van der Waals surface area contributed by atoms with Gasteiger partial charge < -0.3 is 128 Å². The molecule has 0 radical (unpaired) electrons. The summed E-state index contributed by atoms with van der Waals surface area (Å²) in [6, 6.07) is -15.9. The summed E-state index contributed by atoms with van der Waals surface area (Å²) in [6.07, 6.45) is -8.49. The molecule has 15 atom stereocenters. The number of aliphatic carboxylic acids is 3. The molecule has 0 fully saturated rings. The Morgan fingerprint density at radius 2 is 0.696 bits per heavy atom. The van der Waals surface area contributed by atoms with E-state index in [0.29, 0.717) is 5.56 Å². The number of hydrogen-bond donors (Lipinski definition) is 24. The van der Waals surface area contributed by atoms with E-state index in [2.05, 4.69) is 68.5 Å². The van der Waals surface area contributed by atoms with E-state index in [9.17, 15) is 108 Å². The van der Waals surface area contributed by atoms with E-state index in [1.807, 2.05) is 0 Å². The number of phenolic OH excluding ortho intramolecular Hbond substituents is 1. The van der Waals surface area contributed by atoms with Crippen LogP contribution in [0.5, 0.6) is 5.75 Å². The Morgan fingerprint density at radius 3 is 1.07 bits per heavy atom. The molecule has 1 aromatic rings. The van der Waals surface area contributed by atoms with E-state index in [1.165, 1.54) is 24.3 Å². The molecule has 29 N–H and O–H groups in total. The Balaban J connectivity index is 3.62. The van der Waals surface area contributed by atoms with E-state index >= 15 is 0 Å². The molecule has 0 saturated heterocycles. The normalized spacial score (nSPS) is 15.6. The Bertz CT molecular complexity index is 3070. The van der Waals surface area contributed by atoms with Crippen molar-refractivity contribution in [2.24, 2.45) is 56.4 Å². The van der Waals surface area contributed by atoms with Crippen molar-refractivity contribution in [2.75, 3.05) is 19.7 Å². The van der Waals surface area contributed by atoms with Gasteiger partial charge in [0.05, 0.1) is 43.8 Å². The number of carboxylic acids is 3. The topological polar surface area (TPSA) is 688 Å². The van der Waals surface area contributed by atoms with Crippen LogP contribution in [0, 0.1) is 17.8 Å². The van der Waals surface area contributed by atoms with Crippen LogP contribution in [0.15, 0.2) is 34.3 Å². The minimum absolute atomic E-state index is 0.0115. The van der Waals surface area contributed by atoms with Crippen molar-refractivity contribution >= 4 is 94.8 Å². The van der Waals surface area contributed by atoms with E-state index in [-0.39, 0.29) is 81.6 Å². The lowest BCUT2D eigenvalue weighted by Gasteiger charge is -2.29. The van der Waals surface area contributed by atoms with Gasteiger partial charge in [0.15, 0.2) is 11.9 Å². The van der Waals surface area contributed by atoms with Crippen LogP contribution >= 0.6 is 0 Å². The van der Waals surface area contributed by atoms with Crippen LogP contribution in [0.25, 0.3) is 0 Å². The summed E-state index contributed by atoms with van der Waals surface area (Å²) < 4.78 is 0. The van der Waals surface area contributed by atoms with Crippen molar-refractivity contribution in [3.63, 3.8) is 0 Å². The molecule has 11 amide bonds. The van der Waals surface area contributed by atoms with Gasteiger partial charge in [0.1, 0.15) is 72.2 Å². The summed E-state index contributed by atoms with van der Waals surface area (Å²) in [5, 5.41) is 107. The number of aliphatic hydroxyl groups excluding tert-OH is 4. The number of guanidine groups is 2. The third kappa shape index (κ3) is 34.3. The van der Waals surface area contributed by atoms with Gasteiger partial charge in [-0.1, -0.05) is 53.7 Å². The standard InChI is InChI=1S/C62H104N18O22/c1-27(2)20-37(51(92)70-36(13-11-19-69-62(66)67)50(91)79-47(31(8)83)58(99)74-39(23-33-14-16-34(85)17-15-33)55(96)80-48(32(9)84)59(100)76-42(60(101)102)22-29(5)6)72-56(97)43(26-81)77-54(95)40(24-44(86)87)73-52(93)38(21-28(3)4)71-53(94)41(25-45(88)89)75-57(98)46(30(7)82)78-49(90)35(63)12-10-18-68-61(64)65/h14-17,27-32,35-43,46-48,81-85H,10-13,18-26,63H2,1-9H3,(H,70,92)(H,71,94)(H,72,97)(H,73,93)(H,74,99)(H,75,98)(H,76,100)(H,77,95)(H,78,90)(H,79,91)(H,80,96)(H,86,87)(H,88,89)(H,101,102)(H4,64,65,68)(H4,66,67,69). The maximum absolute atomic E-state index is 14.4. The van der Waals surface area contributed by atoms with Gasteiger partial charge in [0.25, 0.3) is 0 Å². The van der Waals surface area contributed by atoms with Gasteiger partial charge in [-0.3, -0.25) is 72.3 Å². The Hall–Kier alpha value is -10.1. The first kappa shape index (κ1) is 90.0. The molecule has 15 unspecified atom stereocenters. The lowest BCUT2D eigenvalue weighted by Crippen LogP contribution is -2.63. The van der Waals surface area contributed by atoms with Gasteiger partial charge >= 0.3 is 17.9 Å². The highest BCUT2D eigenvalue weighted by molar-refractivity contribution is 6.00. The Kier molecular flexibility index (Phi) is 39.6. The smallest absolute Gasteiger partial charge is 0.326 e. The van der Waals surface area contributed by atoms with Crippen molar-refractivity contribution in [3.8, 4) is 5.75 Å². The summed E-state index contributed by atoms with van der Waals surface area (Å²) in [5.41, 5.74) is 27.8. The summed E-state index contributed by atoms with van der Waals surface area (Å²) >= 11 is 0. The van der Waals surface area contributed by atoms with Crippen LogP contribution in [0.2, 0.25) is 0 Å². The number of carboxylic acid groups (broad SMARTS) is 3. The average molecular weight is 1450 g/mol. The van der Waals surface area contributed by atoms with Gasteiger partial charge in [-0.2, -0.15) is 0 Å². The monoisotopic (exact) mass is 1450 g/mol. The number of amides is 11. The zero-order chi connectivity index (χ0) is 78.0. The van der Waals surface area contributed by atoms with E-state index < -0.39 is 211 Å². The summed E-state index contributed by atoms with van der Waals surface area (Å²) in [5.74, 6) is -19.8.